The number of hydrogen-bond donors (Lipinski definition) is 0. The molecule has 0 unspecified atom stereocenters. The number of anilines is 1. The van der Waals surface area contributed by atoms with E-state index in [1.807, 2.05) is 12.1 Å². The first-order valence-electron chi connectivity index (χ1n) is 10.6. The Hall–Kier alpha value is -2.25. The van der Waals surface area contributed by atoms with E-state index in [1.54, 1.807) is 51.2 Å². The molecule has 0 radical (unpaired) electrons. The Labute approximate surface area is 185 Å². The van der Waals surface area contributed by atoms with Gasteiger partial charge in [-0.05, 0) is 51.8 Å². The minimum atomic E-state index is -3.26. The van der Waals surface area contributed by atoms with Crippen molar-refractivity contribution in [1.29, 1.82) is 0 Å². The van der Waals surface area contributed by atoms with E-state index in [9.17, 15) is 13.2 Å². The summed E-state index contributed by atoms with van der Waals surface area (Å²) in [7, 11) is -3.26. The predicted molar refractivity (Wildman–Crippen MR) is 123 cm³/mol. The molecule has 31 heavy (non-hydrogen) atoms. The Morgan fingerprint density at radius 3 is 2.13 bits per heavy atom. The first-order chi connectivity index (χ1) is 14.4. The molecule has 2 aromatic rings. The maximum Gasteiger partial charge on any atom is 0.167 e. The van der Waals surface area contributed by atoms with Crippen molar-refractivity contribution in [2.75, 3.05) is 18.0 Å². The lowest BCUT2D eigenvalue weighted by atomic mass is 10.0. The first-order valence-corrected chi connectivity index (χ1v) is 12.3. The third kappa shape index (κ3) is 5.92. The number of carbonyl (C=O) groups excluding carboxylic acids is 1. The second-order valence-electron chi connectivity index (χ2n) is 9.36. The fourth-order valence-corrected chi connectivity index (χ4v) is 4.65. The molecular weight excluding hydrogens is 412 g/mol. The van der Waals surface area contributed by atoms with Crippen LogP contribution < -0.4 is 4.90 Å². The molecule has 0 N–H and O–H groups in total. The summed E-state index contributed by atoms with van der Waals surface area (Å²) in [6.07, 6.45) is 2.33. The largest absolute Gasteiger partial charge is 0.372 e. The van der Waals surface area contributed by atoms with E-state index in [0.29, 0.717) is 11.1 Å². The van der Waals surface area contributed by atoms with Crippen LogP contribution >= 0.6 is 0 Å². The minimum absolute atomic E-state index is 0.0200. The van der Waals surface area contributed by atoms with E-state index >= 15 is 0 Å². The number of benzene rings is 1. The third-order valence-electron chi connectivity index (χ3n) is 5.48. The van der Waals surface area contributed by atoms with Crippen LogP contribution in [0.15, 0.2) is 42.6 Å². The lowest BCUT2D eigenvalue weighted by molar-refractivity contribution is -0.00546. The Morgan fingerprint density at radius 2 is 1.61 bits per heavy atom. The van der Waals surface area contributed by atoms with E-state index in [0.717, 1.165) is 24.5 Å². The first kappa shape index (κ1) is 23.4. The molecule has 1 aromatic heterocycles. The van der Waals surface area contributed by atoms with Crippen molar-refractivity contribution in [3.8, 4) is 0 Å². The number of carbonyl (C=O) groups is 1. The van der Waals surface area contributed by atoms with Crippen molar-refractivity contribution in [1.82, 2.24) is 4.98 Å². The number of rotatable bonds is 6. The molecule has 1 aromatic carbocycles. The molecule has 0 aliphatic carbocycles. The fraction of sp³-hybridized carbons (Fsp3) is 0.500. The molecule has 3 rings (SSSR count). The molecule has 1 saturated heterocycles. The highest BCUT2D eigenvalue weighted by Crippen LogP contribution is 2.22. The van der Waals surface area contributed by atoms with Crippen LogP contribution in [0.25, 0.3) is 0 Å². The van der Waals surface area contributed by atoms with Crippen molar-refractivity contribution in [2.45, 2.75) is 63.7 Å². The lowest BCUT2D eigenvalue weighted by Gasteiger charge is -2.36. The average molecular weight is 445 g/mol. The molecule has 7 heteroatoms. The van der Waals surface area contributed by atoms with Crippen LogP contribution in [0, 0.1) is 0 Å². The van der Waals surface area contributed by atoms with Crippen LogP contribution in [0.2, 0.25) is 0 Å². The van der Waals surface area contributed by atoms with Gasteiger partial charge in [0.2, 0.25) is 0 Å². The summed E-state index contributed by atoms with van der Waals surface area (Å²) in [6, 6.07) is 10.7. The van der Waals surface area contributed by atoms with E-state index in [2.05, 4.69) is 23.7 Å². The van der Waals surface area contributed by atoms with Crippen LogP contribution in [0.3, 0.4) is 0 Å². The van der Waals surface area contributed by atoms with Gasteiger partial charge in [-0.1, -0.05) is 30.3 Å². The van der Waals surface area contributed by atoms with Crippen LogP contribution in [0.5, 0.6) is 0 Å². The molecule has 1 fully saturated rings. The third-order valence-corrected chi connectivity index (χ3v) is 8.06. The second-order valence-corrected chi connectivity index (χ2v) is 12.1. The quantitative estimate of drug-likeness (QED) is 0.630. The molecule has 0 saturated carbocycles. The van der Waals surface area contributed by atoms with E-state index < -0.39 is 14.6 Å². The van der Waals surface area contributed by atoms with E-state index in [4.69, 9.17) is 4.74 Å². The van der Waals surface area contributed by atoms with Gasteiger partial charge >= 0.3 is 0 Å². The van der Waals surface area contributed by atoms with Gasteiger partial charge in [0, 0.05) is 31.3 Å². The van der Waals surface area contributed by atoms with Crippen molar-refractivity contribution >= 4 is 21.4 Å². The number of sulfone groups is 1. The Morgan fingerprint density at radius 1 is 1.03 bits per heavy atom. The summed E-state index contributed by atoms with van der Waals surface area (Å²) in [5, 5.41) is 0. The van der Waals surface area contributed by atoms with Crippen molar-refractivity contribution in [2.24, 2.45) is 0 Å². The van der Waals surface area contributed by atoms with Crippen molar-refractivity contribution in [3.63, 3.8) is 0 Å². The monoisotopic (exact) mass is 444 g/mol. The molecule has 2 atom stereocenters. The number of morpholine rings is 1. The molecule has 0 bridgehead atoms. The van der Waals surface area contributed by atoms with Crippen LogP contribution in [-0.4, -0.2) is 49.2 Å². The van der Waals surface area contributed by atoms with Crippen molar-refractivity contribution in [3.05, 3.63) is 59.3 Å². The molecule has 6 nitrogen and oxygen atoms in total. The summed E-state index contributed by atoms with van der Waals surface area (Å²) in [4.78, 5) is 19.4. The number of aromatic nitrogens is 1. The van der Waals surface area contributed by atoms with Crippen LogP contribution in [0.1, 0.15) is 56.1 Å². The van der Waals surface area contributed by atoms with Gasteiger partial charge in [-0.25, -0.2) is 13.4 Å². The second kappa shape index (κ2) is 9.09. The maximum atomic E-state index is 12.7. The van der Waals surface area contributed by atoms with Gasteiger partial charge < -0.3 is 9.64 Å². The summed E-state index contributed by atoms with van der Waals surface area (Å²) in [5.74, 6) is 0.839. The van der Waals surface area contributed by atoms with Crippen LogP contribution in [-0.2, 0) is 26.7 Å². The standard InChI is InChI=1S/C24H32N2O4S/c1-17-14-26(15-18(2)30-17)23-11-8-20(13-25-23)12-22(27)21-9-6-19(7-10-21)16-31(28,29)24(3,4)5/h6-11,13,17-18H,12,14-16H2,1-5H3/t17-,18+. The summed E-state index contributed by atoms with van der Waals surface area (Å²) in [5.41, 5.74) is 2.10. The SMILES string of the molecule is C[C@@H]1CN(c2ccc(CC(=O)c3ccc(CS(=O)(=O)C(C)(C)C)cc3)cn2)C[C@H](C)O1. The topological polar surface area (TPSA) is 76.6 Å². The minimum Gasteiger partial charge on any atom is -0.372 e. The number of nitrogens with zero attached hydrogens (tertiary/aromatic N) is 2. The van der Waals surface area contributed by atoms with Gasteiger partial charge in [-0.2, -0.15) is 0 Å². The van der Waals surface area contributed by atoms with E-state index in [1.165, 1.54) is 0 Å². The van der Waals surface area contributed by atoms with Gasteiger partial charge in [0.15, 0.2) is 15.6 Å². The number of ether oxygens (including phenoxy) is 1. The molecule has 1 aliphatic heterocycles. The average Bonchev–Trinajstić information content (AvgIpc) is 2.67. The lowest BCUT2D eigenvalue weighted by Crippen LogP contribution is -2.45. The molecule has 0 amide bonds. The molecule has 1 aliphatic rings. The maximum absolute atomic E-state index is 12.7. The number of hydrogen-bond acceptors (Lipinski definition) is 6. The van der Waals surface area contributed by atoms with Crippen molar-refractivity contribution < 1.29 is 17.9 Å². The van der Waals surface area contributed by atoms with Gasteiger partial charge in [0.1, 0.15) is 5.82 Å². The highest BCUT2D eigenvalue weighted by Gasteiger charge is 2.29. The molecule has 0 spiro atoms. The number of ketones is 1. The molecule has 168 valence electrons. The zero-order valence-electron chi connectivity index (χ0n) is 19.0. The fourth-order valence-electron chi connectivity index (χ4n) is 3.58. The zero-order valence-corrected chi connectivity index (χ0v) is 19.8. The van der Waals surface area contributed by atoms with E-state index in [-0.39, 0.29) is 30.2 Å². The van der Waals surface area contributed by atoms with Gasteiger partial charge in [0.25, 0.3) is 0 Å². The molecular formula is C24H32N2O4S. The number of Topliss-reactive ketones (excluding diaryl/α,β-unsaturated/α-hetero) is 1. The number of pyridine rings is 1. The van der Waals surface area contributed by atoms with Crippen LogP contribution in [0.4, 0.5) is 5.82 Å². The Balaban J connectivity index is 1.62. The normalized spacial score (nSPS) is 20.0. The smallest absolute Gasteiger partial charge is 0.167 e. The summed E-state index contributed by atoms with van der Waals surface area (Å²) >= 11 is 0. The highest BCUT2D eigenvalue weighted by molar-refractivity contribution is 7.91. The Kier molecular flexibility index (Phi) is 6.86. The van der Waals surface area contributed by atoms with Gasteiger partial charge in [0.05, 0.1) is 22.7 Å². The van der Waals surface area contributed by atoms with Gasteiger partial charge in [-0.15, -0.1) is 0 Å². The zero-order chi connectivity index (χ0) is 22.8. The summed E-state index contributed by atoms with van der Waals surface area (Å²) in [6.45, 7) is 10.8. The van der Waals surface area contributed by atoms with Gasteiger partial charge in [-0.3, -0.25) is 4.79 Å². The predicted octanol–water partition coefficient (Wildman–Crippen LogP) is 3.83. The highest BCUT2D eigenvalue weighted by atomic mass is 32.2. The molecule has 2 heterocycles. The Bertz CT molecular complexity index is 999. The summed E-state index contributed by atoms with van der Waals surface area (Å²) < 4.78 is 29.7.